The van der Waals surface area contributed by atoms with Crippen LogP contribution in [-0.4, -0.2) is 133 Å². The normalized spacial score (nSPS) is 14.7. The number of rotatable bonds is 25. The van der Waals surface area contributed by atoms with Crippen molar-refractivity contribution in [2.24, 2.45) is 17.4 Å². The fraction of sp³-hybridized carbons (Fsp3) is 0.340. The fourth-order valence-corrected chi connectivity index (χ4v) is 9.11. The van der Waals surface area contributed by atoms with Gasteiger partial charge in [-0.3, -0.25) is 43.3 Å². The number of nitrogens with two attached hydrogens (primary N) is 2. The molecule has 4 aromatic rings. The molecule has 27 nitrogen and oxygen atoms in total. The maximum Gasteiger partial charge on any atom is 0.524 e. The number of hydrogen-bond donors (Lipinski definition) is 15. The van der Waals surface area contributed by atoms with Crippen LogP contribution in [0.15, 0.2) is 78.9 Å². The van der Waals surface area contributed by atoms with Gasteiger partial charge >= 0.3 is 13.8 Å². The molecule has 29 heteroatoms. The van der Waals surface area contributed by atoms with Gasteiger partial charge in [-0.15, -0.1) is 0 Å². The highest BCUT2D eigenvalue weighted by Crippen LogP contribution is 2.57. The maximum absolute atomic E-state index is 14.0. The number of nitrogens with one attached hydrogen (secondary N) is 7. The number of phenols is 2. The van der Waals surface area contributed by atoms with Crippen LogP contribution in [0.5, 0.6) is 28.7 Å². The first-order valence-corrected chi connectivity index (χ1v) is 26.2. The summed E-state index contributed by atoms with van der Waals surface area (Å²) in [6, 6.07) is 12.5. The van der Waals surface area contributed by atoms with Crippen LogP contribution < -0.4 is 57.9 Å². The van der Waals surface area contributed by atoms with Crippen LogP contribution in [0.4, 0.5) is 5.69 Å². The average Bonchev–Trinajstić information content (AvgIpc) is 3.93. The Labute approximate surface area is 455 Å². The van der Waals surface area contributed by atoms with E-state index in [1.165, 1.54) is 54.6 Å². The molecule has 0 radical (unpaired) electrons. The summed E-state index contributed by atoms with van der Waals surface area (Å²) in [6.07, 6.45) is -3.27. The minimum absolute atomic E-state index is 0.000186. The number of thiocarbonyl (C=S) groups is 1. The van der Waals surface area contributed by atoms with Crippen LogP contribution in [0.1, 0.15) is 72.1 Å². The molecule has 7 amide bonds. The number of phenolic OH excluding ortho intramolecular Hbond substituents is 2. The van der Waals surface area contributed by atoms with E-state index in [1.54, 1.807) is 38.1 Å². The number of carbonyl (C=O) groups excluding carboxylic acids is 8. The van der Waals surface area contributed by atoms with Crippen molar-refractivity contribution in [3.05, 3.63) is 107 Å². The van der Waals surface area contributed by atoms with Crippen molar-refractivity contribution >= 4 is 78.2 Å². The molecule has 5 atom stereocenters. The Balaban J connectivity index is 1.11. The van der Waals surface area contributed by atoms with Crippen LogP contribution in [0.3, 0.4) is 0 Å². The van der Waals surface area contributed by atoms with Gasteiger partial charge in [0, 0.05) is 53.9 Å². The summed E-state index contributed by atoms with van der Waals surface area (Å²) in [6.45, 7) is 1.76. The first-order chi connectivity index (χ1) is 37.3. The van der Waals surface area contributed by atoms with Gasteiger partial charge in [0.2, 0.25) is 41.4 Å². The van der Waals surface area contributed by atoms with Gasteiger partial charge in [-0.2, -0.15) is 0 Å². The van der Waals surface area contributed by atoms with E-state index in [0.29, 0.717) is 22.4 Å². The smallest absolute Gasteiger partial charge is 0.508 e. The third-order valence-corrected chi connectivity index (χ3v) is 12.9. The Morgan fingerprint density at radius 2 is 1.33 bits per heavy atom. The second kappa shape index (κ2) is 25.8. The van der Waals surface area contributed by atoms with Gasteiger partial charge < -0.3 is 83.1 Å². The molecule has 0 saturated heterocycles. The zero-order chi connectivity index (χ0) is 57.9. The zero-order valence-electron chi connectivity index (χ0n) is 42.2. The molecule has 2 aliphatic rings. The van der Waals surface area contributed by atoms with E-state index in [4.69, 9.17) is 33.2 Å². The molecule has 17 N–H and O–H groups in total. The molecule has 0 aromatic heterocycles. The van der Waals surface area contributed by atoms with Crippen LogP contribution in [-0.2, 0) is 54.9 Å². The van der Waals surface area contributed by atoms with Crippen molar-refractivity contribution in [1.82, 2.24) is 31.9 Å². The highest BCUT2D eigenvalue weighted by atomic mass is 32.1. The van der Waals surface area contributed by atoms with Crippen LogP contribution >= 0.6 is 20.0 Å². The summed E-state index contributed by atoms with van der Waals surface area (Å²) in [5.41, 5.74) is 11.1. The van der Waals surface area contributed by atoms with E-state index >= 15 is 0 Å². The number of primary amides is 2. The lowest BCUT2D eigenvalue weighted by molar-refractivity contribution is -0.135. The number of aliphatic hydroxyl groups is 2. The summed E-state index contributed by atoms with van der Waals surface area (Å²) < 4.78 is 28.1. The molecule has 79 heavy (non-hydrogen) atoms. The molecule has 0 bridgehead atoms. The first kappa shape index (κ1) is 59.8. The van der Waals surface area contributed by atoms with E-state index in [1.807, 2.05) is 0 Å². The third kappa shape index (κ3) is 15.6. The van der Waals surface area contributed by atoms with Gasteiger partial charge in [0.25, 0.3) is 0 Å². The number of anilines is 1. The predicted octanol–water partition coefficient (Wildman–Crippen LogP) is -0.738. The number of ether oxygens (including phenoxy) is 2. The van der Waals surface area contributed by atoms with Crippen molar-refractivity contribution < 1.29 is 87.1 Å². The number of phosphoric acid groups is 1. The van der Waals surface area contributed by atoms with Crippen LogP contribution in [0.2, 0.25) is 0 Å². The van der Waals surface area contributed by atoms with Crippen molar-refractivity contribution in [2.75, 3.05) is 25.0 Å². The SMILES string of the molecule is CC(C)C[C@H](NC(=O)CNC(=O)[C@H](CCC(N)=O)NC(=O)[C@H](Cc1ccc(OP(=O)(O)O)cc1)NC(=O)[C@H](O)CCNC(=S)Nc1ccc2c(c1)C(=O)OC21c2ccc(O)cc2Oc2cc(O)ccc21)C(=O)N[C@@H](CO)C(N)=O. The summed E-state index contributed by atoms with van der Waals surface area (Å²) in [4.78, 5) is 123. The molecule has 6 rings (SSSR count). The molecule has 0 fully saturated rings. The maximum atomic E-state index is 14.0. The minimum atomic E-state index is -4.96. The molecule has 1 spiro atoms. The van der Waals surface area contributed by atoms with Gasteiger partial charge in [0.1, 0.15) is 59.0 Å². The first-order valence-electron chi connectivity index (χ1n) is 24.2. The molecule has 0 aliphatic carbocycles. The molecule has 0 saturated carbocycles. The Morgan fingerprint density at radius 1 is 0.734 bits per heavy atom. The molecule has 422 valence electrons. The molecular weight excluding hydrogens is 1080 g/mol. The number of carbonyl (C=O) groups is 8. The quantitative estimate of drug-likeness (QED) is 0.0221. The molecule has 4 aromatic carbocycles. The second-order valence-electron chi connectivity index (χ2n) is 18.7. The minimum Gasteiger partial charge on any atom is -0.508 e. The highest BCUT2D eigenvalue weighted by Gasteiger charge is 2.54. The van der Waals surface area contributed by atoms with Crippen molar-refractivity contribution in [1.29, 1.82) is 0 Å². The number of esters is 1. The number of aliphatic hydroxyl groups excluding tert-OH is 2. The Hall–Kier alpha value is -8.40. The number of fused-ring (bicyclic) bond motifs is 6. The monoisotopic (exact) mass is 1140 g/mol. The molecule has 0 unspecified atom stereocenters. The number of aromatic hydroxyl groups is 2. The lowest BCUT2D eigenvalue weighted by Crippen LogP contribution is -2.57. The third-order valence-electron chi connectivity index (χ3n) is 12.2. The largest absolute Gasteiger partial charge is 0.524 e. The van der Waals surface area contributed by atoms with Gasteiger partial charge in [-0.25, -0.2) is 9.36 Å². The fourth-order valence-electron chi connectivity index (χ4n) is 8.49. The van der Waals surface area contributed by atoms with Crippen molar-refractivity contribution in [3.8, 4) is 28.7 Å². The lowest BCUT2D eigenvalue weighted by Gasteiger charge is -2.36. The Bertz CT molecular complexity index is 3020. The standard InChI is InChI=1S/C50H58N9O18PS/c1-24(2)17-35(45(68)59-37(23-60)43(52)66)56-42(65)22-54-44(67)34(13-14-41(51)64)57-46(69)36(18-25-3-8-29(9-4-25)77-78(72,73)74)58-47(70)38(63)15-16-53-49(79)55-26-5-10-31-30(19-26)48(71)76-50(31)32-11-6-27(61)20-39(32)75-40-21-28(62)7-12-33(40)50/h3-12,19-21,24,34-38,60-63H,13-18,22-23H2,1-2H3,(H2,51,64)(H2,52,66)(H,54,67)(H,56,65)(H,57,69)(H,58,70)(H,59,68)(H2,53,55,79)(H2,72,73,74)/t34-,35-,36-,37-,38+/m0/s1. The predicted molar refractivity (Wildman–Crippen MR) is 281 cm³/mol. The number of hydrogen-bond acceptors (Lipinski definition) is 17. The Kier molecular flexibility index (Phi) is 19.6. The van der Waals surface area contributed by atoms with Crippen LogP contribution in [0, 0.1) is 5.92 Å². The second-order valence-corrected chi connectivity index (χ2v) is 20.2. The molecular formula is C50H58N9O18PS. The molecule has 2 heterocycles. The zero-order valence-corrected chi connectivity index (χ0v) is 43.9. The summed E-state index contributed by atoms with van der Waals surface area (Å²) in [5.74, 6) is -7.72. The van der Waals surface area contributed by atoms with Crippen molar-refractivity contribution in [3.63, 3.8) is 0 Å². The highest BCUT2D eigenvalue weighted by molar-refractivity contribution is 7.80. The summed E-state index contributed by atoms with van der Waals surface area (Å²) >= 11 is 5.46. The summed E-state index contributed by atoms with van der Waals surface area (Å²) in [5, 5.41) is 58.5. The average molecular weight is 1140 g/mol. The number of amides is 7. The lowest BCUT2D eigenvalue weighted by atomic mass is 9.77. The van der Waals surface area contributed by atoms with E-state index < -0.39 is 117 Å². The van der Waals surface area contributed by atoms with Crippen molar-refractivity contribution in [2.45, 2.75) is 81.8 Å². The Morgan fingerprint density at radius 3 is 1.91 bits per heavy atom. The van der Waals surface area contributed by atoms with Gasteiger partial charge in [0.15, 0.2) is 10.7 Å². The molecule has 2 aliphatic heterocycles. The van der Waals surface area contributed by atoms with Gasteiger partial charge in [0.05, 0.1) is 18.7 Å². The van der Waals surface area contributed by atoms with Gasteiger partial charge in [-0.1, -0.05) is 32.0 Å². The summed E-state index contributed by atoms with van der Waals surface area (Å²) in [7, 11) is -4.96. The van der Waals surface area contributed by atoms with Crippen LogP contribution in [0.25, 0.3) is 0 Å². The van der Waals surface area contributed by atoms with Gasteiger partial charge in [-0.05, 0) is 91.5 Å². The van der Waals surface area contributed by atoms with E-state index in [2.05, 4.69) is 41.7 Å². The number of phosphoric ester groups is 1. The number of benzene rings is 4. The van der Waals surface area contributed by atoms with E-state index in [-0.39, 0.29) is 76.7 Å². The van der Waals surface area contributed by atoms with E-state index in [0.717, 1.165) is 0 Å². The van der Waals surface area contributed by atoms with E-state index in [9.17, 15) is 73.1 Å². The topological polar surface area (TPSA) is 439 Å².